The van der Waals surface area contributed by atoms with Gasteiger partial charge in [-0.1, -0.05) is 42.5 Å². The summed E-state index contributed by atoms with van der Waals surface area (Å²) in [7, 11) is 0. The summed E-state index contributed by atoms with van der Waals surface area (Å²) in [5.41, 5.74) is 2.44. The molecule has 0 aliphatic rings. The fourth-order valence-corrected chi connectivity index (χ4v) is 2.77. The first-order valence-electron chi connectivity index (χ1n) is 9.40. The van der Waals surface area contributed by atoms with E-state index in [0.29, 0.717) is 29.6 Å². The molecule has 0 atom stereocenters. The molecule has 6 nitrogen and oxygen atoms in total. The second-order valence-corrected chi connectivity index (χ2v) is 6.17. The third-order valence-corrected chi connectivity index (χ3v) is 4.11. The van der Waals surface area contributed by atoms with Gasteiger partial charge in [-0.3, -0.25) is 0 Å². The number of anilines is 3. The second kappa shape index (κ2) is 10.1. The van der Waals surface area contributed by atoms with Crippen molar-refractivity contribution in [2.45, 2.75) is 19.8 Å². The highest BCUT2D eigenvalue weighted by molar-refractivity contribution is 5.96. The minimum Gasteiger partial charge on any atom is -0.462 e. The zero-order valence-corrected chi connectivity index (χ0v) is 15.9. The molecule has 3 aromatic rings. The highest BCUT2D eigenvalue weighted by Crippen LogP contribution is 2.21. The van der Waals surface area contributed by atoms with Crippen LogP contribution in [0.1, 0.15) is 29.3 Å². The summed E-state index contributed by atoms with van der Waals surface area (Å²) >= 11 is 0. The van der Waals surface area contributed by atoms with Crippen LogP contribution in [-0.4, -0.2) is 29.1 Å². The molecule has 0 bridgehead atoms. The summed E-state index contributed by atoms with van der Waals surface area (Å²) in [5.74, 6) is 0.794. The van der Waals surface area contributed by atoms with Crippen molar-refractivity contribution < 1.29 is 9.53 Å². The Labute approximate surface area is 165 Å². The largest absolute Gasteiger partial charge is 0.462 e. The van der Waals surface area contributed by atoms with Crippen LogP contribution in [0.4, 0.5) is 17.5 Å². The summed E-state index contributed by atoms with van der Waals surface area (Å²) < 4.78 is 5.11. The van der Waals surface area contributed by atoms with Crippen molar-refractivity contribution >= 4 is 23.4 Å². The summed E-state index contributed by atoms with van der Waals surface area (Å²) in [4.78, 5) is 20.8. The van der Waals surface area contributed by atoms with Crippen molar-refractivity contribution in [1.29, 1.82) is 0 Å². The number of esters is 1. The van der Waals surface area contributed by atoms with Gasteiger partial charge in [0.15, 0.2) is 0 Å². The van der Waals surface area contributed by atoms with Crippen LogP contribution in [0.5, 0.6) is 0 Å². The van der Waals surface area contributed by atoms with Crippen LogP contribution in [0.25, 0.3) is 0 Å². The molecule has 0 radical (unpaired) electrons. The Bertz CT molecular complexity index is 900. The molecule has 28 heavy (non-hydrogen) atoms. The van der Waals surface area contributed by atoms with Crippen LogP contribution in [0.15, 0.2) is 66.9 Å². The quantitative estimate of drug-likeness (QED) is 0.425. The molecular weight excluding hydrogens is 352 g/mol. The van der Waals surface area contributed by atoms with Crippen LogP contribution in [0.3, 0.4) is 0 Å². The third kappa shape index (κ3) is 5.54. The van der Waals surface area contributed by atoms with Gasteiger partial charge in [-0.25, -0.2) is 9.78 Å². The smallest absolute Gasteiger partial charge is 0.340 e. The maximum Gasteiger partial charge on any atom is 0.340 e. The maximum absolute atomic E-state index is 12.1. The lowest BCUT2D eigenvalue weighted by Gasteiger charge is -2.11. The molecule has 3 rings (SSSR count). The number of rotatable bonds is 9. The van der Waals surface area contributed by atoms with Crippen LogP contribution >= 0.6 is 0 Å². The van der Waals surface area contributed by atoms with Gasteiger partial charge in [-0.15, -0.1) is 0 Å². The third-order valence-electron chi connectivity index (χ3n) is 4.11. The number of carbonyl (C=O) groups excluding carboxylic acids is 1. The van der Waals surface area contributed by atoms with Gasteiger partial charge < -0.3 is 15.4 Å². The van der Waals surface area contributed by atoms with E-state index in [0.717, 1.165) is 19.4 Å². The Kier molecular flexibility index (Phi) is 6.95. The molecule has 0 aliphatic carbocycles. The van der Waals surface area contributed by atoms with Crippen LogP contribution in [-0.2, 0) is 11.2 Å². The lowest BCUT2D eigenvalue weighted by molar-refractivity contribution is 0.0527. The fraction of sp³-hybridized carbons (Fsp3) is 0.227. The van der Waals surface area contributed by atoms with E-state index in [-0.39, 0.29) is 5.97 Å². The number of carbonyl (C=O) groups is 1. The molecule has 2 aromatic carbocycles. The Morgan fingerprint density at radius 1 is 1.04 bits per heavy atom. The van der Waals surface area contributed by atoms with Crippen LogP contribution in [0, 0.1) is 0 Å². The average Bonchev–Trinajstić information content (AvgIpc) is 2.73. The van der Waals surface area contributed by atoms with Crippen molar-refractivity contribution in [1.82, 2.24) is 9.97 Å². The molecule has 2 N–H and O–H groups in total. The fourth-order valence-electron chi connectivity index (χ4n) is 2.77. The molecule has 0 saturated carbocycles. The number of nitrogens with one attached hydrogen (secondary N) is 2. The number of ether oxygens (including phenoxy) is 1. The maximum atomic E-state index is 12.1. The normalized spacial score (nSPS) is 10.3. The number of para-hydroxylation sites is 1. The molecule has 1 aromatic heterocycles. The zero-order valence-electron chi connectivity index (χ0n) is 15.9. The number of hydrogen-bond acceptors (Lipinski definition) is 6. The van der Waals surface area contributed by atoms with E-state index >= 15 is 0 Å². The Morgan fingerprint density at radius 3 is 2.64 bits per heavy atom. The first-order valence-corrected chi connectivity index (χ1v) is 9.40. The predicted molar refractivity (Wildman–Crippen MR) is 111 cm³/mol. The van der Waals surface area contributed by atoms with Crippen molar-refractivity contribution in [3.05, 3.63) is 78.0 Å². The number of hydrogen-bond donors (Lipinski definition) is 2. The van der Waals surface area contributed by atoms with Gasteiger partial charge in [0.2, 0.25) is 5.95 Å². The number of aromatic nitrogens is 2. The van der Waals surface area contributed by atoms with E-state index in [2.05, 4.69) is 44.9 Å². The van der Waals surface area contributed by atoms with E-state index in [1.807, 2.05) is 18.2 Å². The molecule has 0 aliphatic heterocycles. The van der Waals surface area contributed by atoms with E-state index in [4.69, 9.17) is 4.74 Å². The number of benzene rings is 2. The van der Waals surface area contributed by atoms with Crippen molar-refractivity contribution in [3.8, 4) is 0 Å². The monoisotopic (exact) mass is 376 g/mol. The van der Waals surface area contributed by atoms with Gasteiger partial charge >= 0.3 is 5.97 Å². The first kappa shape index (κ1) is 19.4. The topological polar surface area (TPSA) is 76.1 Å². The van der Waals surface area contributed by atoms with E-state index in [1.54, 1.807) is 31.3 Å². The van der Waals surface area contributed by atoms with E-state index in [1.165, 1.54) is 5.56 Å². The molecule has 6 heteroatoms. The van der Waals surface area contributed by atoms with Gasteiger partial charge in [0.25, 0.3) is 0 Å². The summed E-state index contributed by atoms with van der Waals surface area (Å²) in [6.45, 7) is 2.89. The number of nitrogens with zero attached hydrogens (tertiary/aromatic N) is 2. The minimum atomic E-state index is -0.362. The van der Waals surface area contributed by atoms with Gasteiger partial charge in [0, 0.05) is 12.7 Å². The van der Waals surface area contributed by atoms with Crippen molar-refractivity contribution in [2.24, 2.45) is 0 Å². The molecule has 0 fully saturated rings. The molecule has 0 saturated heterocycles. The van der Waals surface area contributed by atoms with Crippen molar-refractivity contribution in [2.75, 3.05) is 23.8 Å². The lowest BCUT2D eigenvalue weighted by atomic mass is 10.1. The molecule has 1 heterocycles. The minimum absolute atomic E-state index is 0.331. The number of aryl methyl sites for hydroxylation is 1. The summed E-state index contributed by atoms with van der Waals surface area (Å²) in [6, 6.07) is 19.3. The zero-order chi connectivity index (χ0) is 19.6. The molecule has 0 amide bonds. The first-order chi connectivity index (χ1) is 13.8. The highest BCUT2D eigenvalue weighted by atomic mass is 16.5. The standard InChI is InChI=1S/C22H24N4O2/c1-2-28-21(27)18-12-6-7-13-19(18)25-20-14-16-24-22(26-20)23-15-8-11-17-9-4-3-5-10-17/h3-7,9-10,12-14,16H,2,8,11,15H2,1H3,(H2,23,24,25,26). The Hall–Kier alpha value is -3.41. The second-order valence-electron chi connectivity index (χ2n) is 6.17. The SMILES string of the molecule is CCOC(=O)c1ccccc1Nc1ccnc(NCCCc2ccccc2)n1. The molecular formula is C22H24N4O2. The van der Waals surface area contributed by atoms with E-state index in [9.17, 15) is 4.79 Å². The molecule has 0 unspecified atom stereocenters. The Balaban J connectivity index is 1.59. The predicted octanol–water partition coefficient (Wildman–Crippen LogP) is 4.44. The Morgan fingerprint density at radius 2 is 1.82 bits per heavy atom. The van der Waals surface area contributed by atoms with E-state index < -0.39 is 0 Å². The van der Waals surface area contributed by atoms with Gasteiger partial charge in [-0.05, 0) is 43.5 Å². The summed E-state index contributed by atoms with van der Waals surface area (Å²) in [6.07, 6.45) is 3.66. The summed E-state index contributed by atoms with van der Waals surface area (Å²) in [5, 5.41) is 6.42. The molecule has 0 spiro atoms. The lowest BCUT2D eigenvalue weighted by Crippen LogP contribution is -2.09. The average molecular weight is 376 g/mol. The van der Waals surface area contributed by atoms with Gasteiger partial charge in [0.1, 0.15) is 5.82 Å². The van der Waals surface area contributed by atoms with Crippen LogP contribution in [0.2, 0.25) is 0 Å². The van der Waals surface area contributed by atoms with Crippen molar-refractivity contribution in [3.63, 3.8) is 0 Å². The van der Waals surface area contributed by atoms with Crippen LogP contribution < -0.4 is 10.6 Å². The highest BCUT2D eigenvalue weighted by Gasteiger charge is 2.12. The van der Waals surface area contributed by atoms with Gasteiger partial charge in [0.05, 0.1) is 17.9 Å². The molecule has 144 valence electrons. The van der Waals surface area contributed by atoms with Gasteiger partial charge in [-0.2, -0.15) is 4.98 Å².